The third-order valence-electron chi connectivity index (χ3n) is 4.71. The van der Waals surface area contributed by atoms with Gasteiger partial charge in [0.2, 0.25) is 0 Å². The molecule has 10 heteroatoms. The van der Waals surface area contributed by atoms with Crippen molar-refractivity contribution in [1.82, 2.24) is 16.2 Å². The summed E-state index contributed by atoms with van der Waals surface area (Å²) < 4.78 is 0. The SMILES string of the molecule is CSCC[C@H](NC(=O)c1ccc(N2CC(=O)NNC2=O)cc1-c1ccccc1)C(=O)O. The third kappa shape index (κ3) is 5.34. The monoisotopic (exact) mass is 442 g/mol. The van der Waals surface area contributed by atoms with Gasteiger partial charge in [-0.1, -0.05) is 30.3 Å². The highest BCUT2D eigenvalue weighted by molar-refractivity contribution is 7.98. The summed E-state index contributed by atoms with van der Waals surface area (Å²) in [5, 5.41) is 12.0. The number of nitrogens with one attached hydrogen (secondary N) is 3. The van der Waals surface area contributed by atoms with Gasteiger partial charge in [-0.15, -0.1) is 0 Å². The van der Waals surface area contributed by atoms with Crippen LogP contribution in [-0.4, -0.2) is 53.5 Å². The van der Waals surface area contributed by atoms with E-state index in [1.807, 2.05) is 24.5 Å². The fourth-order valence-corrected chi connectivity index (χ4v) is 3.61. The molecule has 31 heavy (non-hydrogen) atoms. The first kappa shape index (κ1) is 22.2. The Hall–Kier alpha value is -3.53. The number of aliphatic carboxylic acids is 1. The molecule has 0 spiro atoms. The number of hydrazine groups is 1. The first-order chi connectivity index (χ1) is 14.9. The summed E-state index contributed by atoms with van der Waals surface area (Å²) in [5.41, 5.74) is 6.46. The van der Waals surface area contributed by atoms with Crippen LogP contribution < -0.4 is 21.1 Å². The van der Waals surface area contributed by atoms with Gasteiger partial charge in [0.25, 0.3) is 11.8 Å². The highest BCUT2D eigenvalue weighted by Crippen LogP contribution is 2.29. The molecule has 0 saturated carbocycles. The molecule has 2 aromatic rings. The van der Waals surface area contributed by atoms with Gasteiger partial charge in [-0.25, -0.2) is 15.0 Å². The van der Waals surface area contributed by atoms with E-state index in [2.05, 4.69) is 16.2 Å². The van der Waals surface area contributed by atoms with Crippen molar-refractivity contribution in [2.75, 3.05) is 23.5 Å². The topological polar surface area (TPSA) is 128 Å². The maximum Gasteiger partial charge on any atom is 0.341 e. The third-order valence-corrected chi connectivity index (χ3v) is 5.36. The van der Waals surface area contributed by atoms with E-state index in [0.717, 1.165) is 0 Å². The summed E-state index contributed by atoms with van der Waals surface area (Å²) in [7, 11) is 0. The van der Waals surface area contributed by atoms with Crippen molar-refractivity contribution in [3.63, 3.8) is 0 Å². The Morgan fingerprint density at radius 1 is 1.16 bits per heavy atom. The molecule has 3 rings (SSSR count). The smallest absolute Gasteiger partial charge is 0.341 e. The molecule has 0 aliphatic carbocycles. The highest BCUT2D eigenvalue weighted by atomic mass is 32.2. The van der Waals surface area contributed by atoms with Crippen molar-refractivity contribution < 1.29 is 24.3 Å². The first-order valence-electron chi connectivity index (χ1n) is 9.49. The summed E-state index contributed by atoms with van der Waals surface area (Å²) in [4.78, 5) is 49.7. The van der Waals surface area contributed by atoms with Crippen LogP contribution in [-0.2, 0) is 9.59 Å². The Kier molecular flexibility index (Phi) is 7.14. The van der Waals surface area contributed by atoms with Crippen LogP contribution in [0.1, 0.15) is 16.8 Å². The fraction of sp³-hybridized carbons (Fsp3) is 0.238. The Bertz CT molecular complexity index is 999. The van der Waals surface area contributed by atoms with Gasteiger partial charge in [0, 0.05) is 11.3 Å². The summed E-state index contributed by atoms with van der Waals surface area (Å²) >= 11 is 1.50. The minimum absolute atomic E-state index is 0.165. The van der Waals surface area contributed by atoms with E-state index in [1.165, 1.54) is 22.7 Å². The molecule has 162 valence electrons. The maximum atomic E-state index is 13.0. The van der Waals surface area contributed by atoms with Gasteiger partial charge in [-0.3, -0.25) is 19.9 Å². The van der Waals surface area contributed by atoms with E-state index in [-0.39, 0.29) is 18.0 Å². The zero-order chi connectivity index (χ0) is 22.4. The largest absolute Gasteiger partial charge is 0.480 e. The molecule has 9 nitrogen and oxygen atoms in total. The van der Waals surface area contributed by atoms with Crippen molar-refractivity contribution in [1.29, 1.82) is 0 Å². The molecule has 2 aromatic carbocycles. The number of rotatable bonds is 8. The number of anilines is 1. The van der Waals surface area contributed by atoms with Crippen LogP contribution in [0.5, 0.6) is 0 Å². The van der Waals surface area contributed by atoms with E-state index in [0.29, 0.717) is 29.0 Å². The second-order valence-electron chi connectivity index (χ2n) is 6.81. The number of urea groups is 1. The number of hydrogen-bond donors (Lipinski definition) is 4. The maximum absolute atomic E-state index is 13.0. The second kappa shape index (κ2) is 9.98. The number of carboxylic acids is 1. The molecular weight excluding hydrogens is 420 g/mol. The zero-order valence-corrected chi connectivity index (χ0v) is 17.6. The van der Waals surface area contributed by atoms with E-state index in [9.17, 15) is 24.3 Å². The molecule has 1 atom stereocenters. The number of carbonyl (C=O) groups is 4. The lowest BCUT2D eigenvalue weighted by Gasteiger charge is -2.28. The van der Waals surface area contributed by atoms with Crippen LogP contribution in [0.4, 0.5) is 10.5 Å². The van der Waals surface area contributed by atoms with E-state index >= 15 is 0 Å². The quantitative estimate of drug-likeness (QED) is 0.494. The number of thioether (sulfide) groups is 1. The molecule has 1 fully saturated rings. The normalized spacial score (nSPS) is 14.4. The van der Waals surface area contributed by atoms with Gasteiger partial charge >= 0.3 is 12.0 Å². The number of carboxylic acid groups (broad SMARTS) is 1. The van der Waals surface area contributed by atoms with Crippen LogP contribution >= 0.6 is 11.8 Å². The van der Waals surface area contributed by atoms with Crippen molar-refractivity contribution in [3.05, 3.63) is 54.1 Å². The van der Waals surface area contributed by atoms with Crippen LogP contribution in [0.3, 0.4) is 0 Å². The Balaban J connectivity index is 1.98. The Morgan fingerprint density at radius 2 is 1.90 bits per heavy atom. The number of hydrogen-bond acceptors (Lipinski definition) is 5. The molecule has 4 N–H and O–H groups in total. The number of nitrogens with zero attached hydrogens (tertiary/aromatic N) is 1. The zero-order valence-electron chi connectivity index (χ0n) is 16.8. The van der Waals surface area contributed by atoms with Gasteiger partial charge in [-0.05, 0) is 47.8 Å². The van der Waals surface area contributed by atoms with Gasteiger partial charge in [0.05, 0.1) is 0 Å². The highest BCUT2D eigenvalue weighted by Gasteiger charge is 2.27. The molecule has 0 radical (unpaired) electrons. The minimum atomic E-state index is -1.10. The molecule has 0 unspecified atom stereocenters. The summed E-state index contributed by atoms with van der Waals surface area (Å²) in [6, 6.07) is 12.3. The van der Waals surface area contributed by atoms with Gasteiger partial charge < -0.3 is 10.4 Å². The van der Waals surface area contributed by atoms with Gasteiger partial charge in [0.1, 0.15) is 12.6 Å². The average Bonchev–Trinajstić information content (AvgIpc) is 2.78. The molecule has 1 heterocycles. The lowest BCUT2D eigenvalue weighted by Crippen LogP contribution is -2.58. The number of benzene rings is 2. The average molecular weight is 442 g/mol. The van der Waals surface area contributed by atoms with E-state index in [4.69, 9.17) is 0 Å². The van der Waals surface area contributed by atoms with E-state index in [1.54, 1.807) is 24.3 Å². The standard InChI is InChI=1S/C21H22N4O5S/c1-31-10-9-17(20(28)29)22-19(27)15-8-7-14(25-12-18(26)23-24-21(25)30)11-16(15)13-5-3-2-4-6-13/h2-8,11,17H,9-10,12H2,1H3,(H,22,27)(H,23,26)(H,24,30)(H,28,29)/t17-/m0/s1. The molecular formula is C21H22N4O5S. The summed E-state index contributed by atoms with van der Waals surface area (Å²) in [5.74, 6) is -1.41. The number of amides is 4. The van der Waals surface area contributed by atoms with Gasteiger partial charge in [0.15, 0.2) is 0 Å². The van der Waals surface area contributed by atoms with E-state index < -0.39 is 23.9 Å². The molecule has 4 amide bonds. The van der Waals surface area contributed by atoms with Crippen LogP contribution in [0.2, 0.25) is 0 Å². The van der Waals surface area contributed by atoms with Crippen LogP contribution in [0.15, 0.2) is 48.5 Å². The van der Waals surface area contributed by atoms with Crippen molar-refractivity contribution in [2.45, 2.75) is 12.5 Å². The second-order valence-corrected chi connectivity index (χ2v) is 7.79. The molecule has 1 aliphatic heterocycles. The first-order valence-corrected chi connectivity index (χ1v) is 10.9. The molecule has 1 saturated heterocycles. The van der Waals surface area contributed by atoms with Crippen molar-refractivity contribution in [2.24, 2.45) is 0 Å². The van der Waals surface area contributed by atoms with Crippen LogP contribution in [0.25, 0.3) is 11.1 Å². The minimum Gasteiger partial charge on any atom is -0.480 e. The summed E-state index contributed by atoms with van der Waals surface area (Å²) in [6.45, 7) is -0.165. The van der Waals surface area contributed by atoms with Crippen molar-refractivity contribution in [3.8, 4) is 11.1 Å². The summed E-state index contributed by atoms with van der Waals surface area (Å²) in [6.07, 6.45) is 2.16. The Labute approximate surface area is 183 Å². The lowest BCUT2D eigenvalue weighted by molar-refractivity contribution is -0.139. The number of carbonyl (C=O) groups excluding carboxylic acids is 3. The van der Waals surface area contributed by atoms with Gasteiger partial charge in [-0.2, -0.15) is 11.8 Å². The predicted molar refractivity (Wildman–Crippen MR) is 118 cm³/mol. The van der Waals surface area contributed by atoms with Crippen molar-refractivity contribution >= 4 is 41.3 Å². The van der Waals surface area contributed by atoms with Crippen LogP contribution in [0, 0.1) is 0 Å². The Morgan fingerprint density at radius 3 is 2.58 bits per heavy atom. The predicted octanol–water partition coefficient (Wildman–Crippen LogP) is 1.85. The lowest BCUT2D eigenvalue weighted by atomic mass is 9.97. The molecule has 0 aromatic heterocycles. The fourth-order valence-electron chi connectivity index (χ4n) is 3.14. The molecule has 1 aliphatic rings. The molecule has 0 bridgehead atoms.